The molecular weight excluding hydrogens is 307 g/mol. The molecule has 0 aliphatic carbocycles. The molecule has 0 saturated carbocycles. The van der Waals surface area contributed by atoms with Crippen molar-refractivity contribution in [1.82, 2.24) is 0 Å². The van der Waals surface area contributed by atoms with Gasteiger partial charge in [-0.05, 0) is 52.2 Å². The van der Waals surface area contributed by atoms with Gasteiger partial charge in [-0.15, -0.1) is 0 Å². The van der Waals surface area contributed by atoms with Gasteiger partial charge in [-0.25, -0.2) is 4.39 Å². The summed E-state index contributed by atoms with van der Waals surface area (Å²) in [5.74, 6) is -0.194. The quantitative estimate of drug-likeness (QED) is 0.892. The molecular formula is C15H16BrFN2. The van der Waals surface area contributed by atoms with Crippen LogP contribution in [0.5, 0.6) is 0 Å². The second-order valence-corrected chi connectivity index (χ2v) is 5.28. The minimum atomic E-state index is -0.194. The fourth-order valence-electron chi connectivity index (χ4n) is 1.93. The van der Waals surface area contributed by atoms with Gasteiger partial charge in [0.1, 0.15) is 5.82 Å². The zero-order valence-electron chi connectivity index (χ0n) is 10.7. The maximum Gasteiger partial charge on any atom is 0.126 e. The average Bonchev–Trinajstić information content (AvgIpc) is 2.41. The Kier molecular flexibility index (Phi) is 4.56. The normalized spacial score (nSPS) is 12.2. The molecule has 0 amide bonds. The van der Waals surface area contributed by atoms with Crippen LogP contribution in [0.2, 0.25) is 0 Å². The van der Waals surface area contributed by atoms with E-state index in [9.17, 15) is 4.39 Å². The number of rotatable bonds is 4. The maximum atomic E-state index is 13.3. The Hall–Kier alpha value is -1.39. The highest BCUT2D eigenvalue weighted by Gasteiger charge is 2.12. The SMILES string of the molecule is Cc1cc(C(CN)Nc2ccccc2Br)ccc1F. The van der Waals surface area contributed by atoms with Crippen LogP contribution in [-0.2, 0) is 0 Å². The predicted molar refractivity (Wildman–Crippen MR) is 80.7 cm³/mol. The molecule has 0 spiro atoms. The van der Waals surface area contributed by atoms with Crippen LogP contribution < -0.4 is 11.1 Å². The first-order valence-electron chi connectivity index (χ1n) is 6.09. The number of para-hydroxylation sites is 1. The summed E-state index contributed by atoms with van der Waals surface area (Å²) in [6.45, 7) is 2.19. The predicted octanol–water partition coefficient (Wildman–Crippen LogP) is 4.01. The van der Waals surface area contributed by atoms with Crippen molar-refractivity contribution in [1.29, 1.82) is 0 Å². The highest BCUT2D eigenvalue weighted by molar-refractivity contribution is 9.10. The van der Waals surface area contributed by atoms with Crippen molar-refractivity contribution in [3.63, 3.8) is 0 Å². The van der Waals surface area contributed by atoms with E-state index in [1.165, 1.54) is 6.07 Å². The number of hydrogen-bond acceptors (Lipinski definition) is 2. The highest BCUT2D eigenvalue weighted by Crippen LogP contribution is 2.26. The number of nitrogens with two attached hydrogens (primary N) is 1. The molecule has 3 N–H and O–H groups in total. The standard InChI is InChI=1S/C15H16BrFN2/c1-10-8-11(6-7-13(10)17)15(9-18)19-14-5-3-2-4-12(14)16/h2-8,15,19H,9,18H2,1H3. The summed E-state index contributed by atoms with van der Waals surface area (Å²) in [5, 5.41) is 3.37. The lowest BCUT2D eigenvalue weighted by Crippen LogP contribution is -2.21. The van der Waals surface area contributed by atoms with E-state index in [1.807, 2.05) is 30.3 Å². The Bertz CT molecular complexity index is 572. The Morgan fingerprint density at radius 2 is 2.00 bits per heavy atom. The lowest BCUT2D eigenvalue weighted by Gasteiger charge is -2.20. The van der Waals surface area contributed by atoms with Gasteiger partial charge in [0.2, 0.25) is 0 Å². The Balaban J connectivity index is 2.25. The summed E-state index contributed by atoms with van der Waals surface area (Å²) in [6, 6.07) is 12.9. The van der Waals surface area contributed by atoms with Crippen molar-refractivity contribution in [2.75, 3.05) is 11.9 Å². The number of hydrogen-bond donors (Lipinski definition) is 2. The molecule has 1 unspecified atom stereocenters. The van der Waals surface area contributed by atoms with E-state index in [2.05, 4.69) is 21.2 Å². The lowest BCUT2D eigenvalue weighted by molar-refractivity contribution is 0.616. The van der Waals surface area contributed by atoms with E-state index in [4.69, 9.17) is 5.73 Å². The lowest BCUT2D eigenvalue weighted by atomic mass is 10.0. The first-order chi connectivity index (χ1) is 9.11. The molecule has 2 aromatic rings. The third-order valence-corrected chi connectivity index (χ3v) is 3.72. The average molecular weight is 323 g/mol. The van der Waals surface area contributed by atoms with Crippen LogP contribution >= 0.6 is 15.9 Å². The summed E-state index contributed by atoms with van der Waals surface area (Å²) in [7, 11) is 0. The van der Waals surface area contributed by atoms with Crippen LogP contribution in [0.3, 0.4) is 0 Å². The van der Waals surface area contributed by atoms with Crippen LogP contribution in [0.4, 0.5) is 10.1 Å². The maximum absolute atomic E-state index is 13.3. The Labute approximate surface area is 121 Å². The van der Waals surface area contributed by atoms with Gasteiger partial charge in [-0.1, -0.05) is 24.3 Å². The fraction of sp³-hybridized carbons (Fsp3) is 0.200. The van der Waals surface area contributed by atoms with E-state index < -0.39 is 0 Å². The molecule has 0 bridgehead atoms. The molecule has 19 heavy (non-hydrogen) atoms. The number of aryl methyl sites for hydroxylation is 1. The molecule has 0 saturated heterocycles. The molecule has 2 aromatic carbocycles. The summed E-state index contributed by atoms with van der Waals surface area (Å²) in [6.07, 6.45) is 0. The van der Waals surface area contributed by atoms with Gasteiger partial charge in [0, 0.05) is 16.7 Å². The molecule has 0 fully saturated rings. The van der Waals surface area contributed by atoms with Crippen LogP contribution in [-0.4, -0.2) is 6.54 Å². The molecule has 0 aliphatic rings. The van der Waals surface area contributed by atoms with Crippen molar-refractivity contribution in [3.05, 3.63) is 63.9 Å². The largest absolute Gasteiger partial charge is 0.376 e. The van der Waals surface area contributed by atoms with E-state index in [0.717, 1.165) is 15.7 Å². The second kappa shape index (κ2) is 6.17. The van der Waals surface area contributed by atoms with Gasteiger partial charge in [0.15, 0.2) is 0 Å². The number of halogens is 2. The summed E-state index contributed by atoms with van der Waals surface area (Å²) >= 11 is 3.49. The van der Waals surface area contributed by atoms with Gasteiger partial charge < -0.3 is 11.1 Å². The number of benzene rings is 2. The first kappa shape index (κ1) is 14.0. The topological polar surface area (TPSA) is 38.0 Å². The molecule has 2 nitrogen and oxygen atoms in total. The molecule has 100 valence electrons. The van der Waals surface area contributed by atoms with Crippen molar-refractivity contribution in [2.24, 2.45) is 5.73 Å². The first-order valence-corrected chi connectivity index (χ1v) is 6.88. The van der Waals surface area contributed by atoms with Gasteiger partial charge in [-0.2, -0.15) is 0 Å². The molecule has 0 aromatic heterocycles. The zero-order chi connectivity index (χ0) is 13.8. The monoisotopic (exact) mass is 322 g/mol. The van der Waals surface area contributed by atoms with E-state index in [-0.39, 0.29) is 11.9 Å². The molecule has 4 heteroatoms. The smallest absolute Gasteiger partial charge is 0.126 e. The van der Waals surface area contributed by atoms with Gasteiger partial charge in [0.05, 0.1) is 6.04 Å². The summed E-state index contributed by atoms with van der Waals surface area (Å²) in [4.78, 5) is 0. The van der Waals surface area contributed by atoms with E-state index in [1.54, 1.807) is 13.0 Å². The van der Waals surface area contributed by atoms with Crippen molar-refractivity contribution >= 4 is 21.6 Å². The van der Waals surface area contributed by atoms with Gasteiger partial charge in [-0.3, -0.25) is 0 Å². The molecule has 0 aliphatic heterocycles. The summed E-state index contributed by atoms with van der Waals surface area (Å²) in [5.41, 5.74) is 8.40. The summed E-state index contributed by atoms with van der Waals surface area (Å²) < 4.78 is 14.3. The molecule has 2 rings (SSSR count). The van der Waals surface area contributed by atoms with Gasteiger partial charge in [0.25, 0.3) is 0 Å². The van der Waals surface area contributed by atoms with E-state index in [0.29, 0.717) is 12.1 Å². The minimum Gasteiger partial charge on any atom is -0.376 e. The second-order valence-electron chi connectivity index (χ2n) is 4.42. The van der Waals surface area contributed by atoms with Crippen LogP contribution in [0.15, 0.2) is 46.9 Å². The van der Waals surface area contributed by atoms with Crippen LogP contribution in [0.25, 0.3) is 0 Å². The molecule has 0 heterocycles. The van der Waals surface area contributed by atoms with E-state index >= 15 is 0 Å². The zero-order valence-corrected chi connectivity index (χ0v) is 12.2. The minimum absolute atomic E-state index is 0.0435. The van der Waals surface area contributed by atoms with Crippen LogP contribution in [0.1, 0.15) is 17.2 Å². The van der Waals surface area contributed by atoms with Crippen LogP contribution in [0, 0.1) is 12.7 Å². The van der Waals surface area contributed by atoms with Crippen molar-refractivity contribution in [3.8, 4) is 0 Å². The van der Waals surface area contributed by atoms with Crippen molar-refractivity contribution in [2.45, 2.75) is 13.0 Å². The third-order valence-electron chi connectivity index (χ3n) is 3.02. The molecule has 0 radical (unpaired) electrons. The number of anilines is 1. The fourth-order valence-corrected chi connectivity index (χ4v) is 2.33. The van der Waals surface area contributed by atoms with Gasteiger partial charge >= 0.3 is 0 Å². The molecule has 1 atom stereocenters. The Morgan fingerprint density at radius 1 is 1.26 bits per heavy atom. The third kappa shape index (κ3) is 3.33. The highest BCUT2D eigenvalue weighted by atomic mass is 79.9. The Morgan fingerprint density at radius 3 is 2.63 bits per heavy atom. The van der Waals surface area contributed by atoms with Crippen molar-refractivity contribution < 1.29 is 4.39 Å². The number of nitrogens with one attached hydrogen (secondary N) is 1.